The predicted octanol–water partition coefficient (Wildman–Crippen LogP) is -1.38. The Morgan fingerprint density at radius 3 is 2.04 bits per heavy atom. The normalized spacial score (nSPS) is 19.7. The summed E-state index contributed by atoms with van der Waals surface area (Å²) in [6.45, 7) is 2.93. The summed E-state index contributed by atoms with van der Waals surface area (Å²) in [6.07, 6.45) is 1.85. The van der Waals surface area contributed by atoms with Crippen molar-refractivity contribution in [1.82, 2.24) is 14.7 Å². The van der Waals surface area contributed by atoms with Crippen LogP contribution in [-0.4, -0.2) is 108 Å². The molecule has 0 bridgehead atoms. The second kappa shape index (κ2) is 10.8. The number of aliphatic carboxylic acids is 2. The van der Waals surface area contributed by atoms with Crippen molar-refractivity contribution in [1.29, 1.82) is 0 Å². The molecule has 0 aromatic carbocycles. The zero-order valence-corrected chi connectivity index (χ0v) is 13.7. The molecule has 0 saturated carbocycles. The van der Waals surface area contributed by atoms with Crippen molar-refractivity contribution in [3.8, 4) is 0 Å². The highest BCUT2D eigenvalue weighted by Gasteiger charge is 2.27. The van der Waals surface area contributed by atoms with Crippen LogP contribution >= 0.6 is 0 Å². The molecule has 1 fully saturated rings. The third-order valence-electron chi connectivity index (χ3n) is 4.11. The van der Waals surface area contributed by atoms with E-state index in [0.29, 0.717) is 45.6 Å². The maximum Gasteiger partial charge on any atom is 0.320 e. The van der Waals surface area contributed by atoms with Crippen LogP contribution in [0.2, 0.25) is 0 Å². The number of rotatable bonds is 9. The molecule has 1 atom stereocenters. The van der Waals surface area contributed by atoms with Crippen LogP contribution < -0.4 is 0 Å². The van der Waals surface area contributed by atoms with Crippen LogP contribution in [0.1, 0.15) is 12.8 Å². The number of carbonyl (C=O) groups excluding carboxylic acids is 2. The summed E-state index contributed by atoms with van der Waals surface area (Å²) in [4.78, 5) is 49.2. The van der Waals surface area contributed by atoms with Crippen molar-refractivity contribution in [2.75, 3.05) is 52.4 Å². The quantitative estimate of drug-likeness (QED) is 0.488. The Balaban J connectivity index is 2.84. The Kier molecular flexibility index (Phi) is 9.13. The largest absolute Gasteiger partial charge is 0.480 e. The highest BCUT2D eigenvalue weighted by Crippen LogP contribution is 2.10. The molecule has 9 nitrogen and oxygen atoms in total. The minimum Gasteiger partial charge on any atom is -0.480 e. The molecule has 1 unspecified atom stereocenters. The lowest BCUT2D eigenvalue weighted by molar-refractivity contribution is -0.144. The molecule has 1 saturated heterocycles. The minimum atomic E-state index is -0.997. The van der Waals surface area contributed by atoms with Gasteiger partial charge in [0.1, 0.15) is 18.6 Å². The molecular formula is C15H25N3O6. The van der Waals surface area contributed by atoms with Crippen molar-refractivity contribution in [2.24, 2.45) is 0 Å². The van der Waals surface area contributed by atoms with Crippen molar-refractivity contribution >= 4 is 24.5 Å². The van der Waals surface area contributed by atoms with Gasteiger partial charge >= 0.3 is 11.9 Å². The lowest BCUT2D eigenvalue weighted by Crippen LogP contribution is -2.47. The molecule has 0 radical (unpaired) electrons. The minimum absolute atomic E-state index is 0.130. The van der Waals surface area contributed by atoms with E-state index in [1.807, 2.05) is 4.90 Å². The van der Waals surface area contributed by atoms with E-state index in [-0.39, 0.29) is 25.9 Å². The summed E-state index contributed by atoms with van der Waals surface area (Å²) in [5, 5.41) is 18.4. The Labute approximate surface area is 140 Å². The van der Waals surface area contributed by atoms with Gasteiger partial charge in [-0.1, -0.05) is 0 Å². The van der Waals surface area contributed by atoms with Crippen LogP contribution in [0.3, 0.4) is 0 Å². The molecule has 0 amide bonds. The summed E-state index contributed by atoms with van der Waals surface area (Å²) in [5.74, 6) is -1.94. The molecule has 1 heterocycles. The summed E-state index contributed by atoms with van der Waals surface area (Å²) in [5.41, 5.74) is 0. The first kappa shape index (κ1) is 20.2. The smallest absolute Gasteiger partial charge is 0.320 e. The van der Waals surface area contributed by atoms with Crippen molar-refractivity contribution < 1.29 is 29.4 Å². The number of nitrogens with zero attached hydrogens (tertiary/aromatic N) is 3. The van der Waals surface area contributed by atoms with E-state index in [4.69, 9.17) is 5.11 Å². The highest BCUT2D eigenvalue weighted by molar-refractivity contribution is 5.74. The first-order valence-electron chi connectivity index (χ1n) is 7.98. The number of carbonyl (C=O) groups is 4. The SMILES string of the molecule is O=CCCC(C(=O)O)N1CCN(CC=O)CCN(CC(=O)O)CC1. The highest BCUT2D eigenvalue weighted by atomic mass is 16.4. The number of aldehydes is 2. The molecule has 2 N–H and O–H groups in total. The molecule has 1 aliphatic heterocycles. The van der Waals surface area contributed by atoms with Crippen molar-refractivity contribution in [3.63, 3.8) is 0 Å². The van der Waals surface area contributed by atoms with Gasteiger partial charge < -0.3 is 19.8 Å². The van der Waals surface area contributed by atoms with E-state index in [0.717, 1.165) is 6.29 Å². The fourth-order valence-corrected chi connectivity index (χ4v) is 2.80. The predicted molar refractivity (Wildman–Crippen MR) is 84.9 cm³/mol. The fraction of sp³-hybridized carbons (Fsp3) is 0.733. The Hall–Kier alpha value is -1.84. The van der Waals surface area contributed by atoms with Crippen LogP contribution in [0.5, 0.6) is 0 Å². The van der Waals surface area contributed by atoms with Gasteiger partial charge in [-0.25, -0.2) is 0 Å². The van der Waals surface area contributed by atoms with E-state index < -0.39 is 18.0 Å². The Bertz CT molecular complexity index is 445. The van der Waals surface area contributed by atoms with Crippen molar-refractivity contribution in [2.45, 2.75) is 18.9 Å². The molecule has 0 aromatic rings. The number of carboxylic acids is 2. The average molecular weight is 343 g/mol. The van der Waals surface area contributed by atoms with Gasteiger partial charge in [0.15, 0.2) is 0 Å². The van der Waals surface area contributed by atoms with Crippen LogP contribution in [0.25, 0.3) is 0 Å². The zero-order valence-electron chi connectivity index (χ0n) is 13.7. The molecule has 0 aromatic heterocycles. The Morgan fingerprint density at radius 2 is 1.50 bits per heavy atom. The molecule has 24 heavy (non-hydrogen) atoms. The van der Waals surface area contributed by atoms with Crippen LogP contribution in [0.15, 0.2) is 0 Å². The van der Waals surface area contributed by atoms with Gasteiger partial charge in [-0.3, -0.25) is 24.3 Å². The van der Waals surface area contributed by atoms with Gasteiger partial charge in [0.05, 0.1) is 13.1 Å². The van der Waals surface area contributed by atoms with Gasteiger partial charge in [-0.2, -0.15) is 0 Å². The summed E-state index contributed by atoms with van der Waals surface area (Å²) in [6, 6.07) is -0.793. The van der Waals surface area contributed by atoms with Gasteiger partial charge in [0.2, 0.25) is 0 Å². The van der Waals surface area contributed by atoms with E-state index in [1.165, 1.54) is 0 Å². The monoisotopic (exact) mass is 343 g/mol. The summed E-state index contributed by atoms with van der Waals surface area (Å²) in [7, 11) is 0. The maximum absolute atomic E-state index is 11.5. The molecular weight excluding hydrogens is 318 g/mol. The third kappa shape index (κ3) is 7.16. The molecule has 0 aliphatic carbocycles. The molecule has 9 heteroatoms. The maximum atomic E-state index is 11.5. The van der Waals surface area contributed by atoms with Crippen LogP contribution in [-0.2, 0) is 19.2 Å². The summed E-state index contributed by atoms with van der Waals surface area (Å²) < 4.78 is 0. The Morgan fingerprint density at radius 1 is 0.917 bits per heavy atom. The summed E-state index contributed by atoms with van der Waals surface area (Å²) >= 11 is 0. The van der Waals surface area contributed by atoms with Gasteiger partial charge in [-0.15, -0.1) is 0 Å². The number of hydrogen-bond donors (Lipinski definition) is 2. The van der Waals surface area contributed by atoms with Crippen LogP contribution in [0, 0.1) is 0 Å². The van der Waals surface area contributed by atoms with Crippen molar-refractivity contribution in [3.05, 3.63) is 0 Å². The first-order chi connectivity index (χ1) is 11.5. The van der Waals surface area contributed by atoms with E-state index >= 15 is 0 Å². The number of carboxylic acid groups (broad SMARTS) is 2. The lowest BCUT2D eigenvalue weighted by atomic mass is 10.1. The molecule has 0 spiro atoms. The molecule has 1 rings (SSSR count). The van der Waals surface area contributed by atoms with Gasteiger partial charge in [0, 0.05) is 45.7 Å². The third-order valence-corrected chi connectivity index (χ3v) is 4.11. The topological polar surface area (TPSA) is 118 Å². The van der Waals surface area contributed by atoms with E-state index in [9.17, 15) is 24.3 Å². The molecule has 136 valence electrons. The standard InChI is InChI=1S/C15H25N3O6/c19-10-1-2-13(15(23)24)18-7-5-16(9-11-20)3-4-17(6-8-18)12-14(21)22/h10-11,13H,1-9,12H2,(H,21,22)(H,23,24). The second-order valence-corrected chi connectivity index (χ2v) is 5.77. The van der Waals surface area contributed by atoms with E-state index in [2.05, 4.69) is 0 Å². The first-order valence-corrected chi connectivity index (χ1v) is 7.98. The molecule has 1 aliphatic rings. The zero-order chi connectivity index (χ0) is 17.9. The second-order valence-electron chi connectivity index (χ2n) is 5.77. The van der Waals surface area contributed by atoms with Crippen LogP contribution in [0.4, 0.5) is 0 Å². The fourth-order valence-electron chi connectivity index (χ4n) is 2.80. The lowest BCUT2D eigenvalue weighted by Gasteiger charge is -2.30. The van der Waals surface area contributed by atoms with Gasteiger partial charge in [-0.05, 0) is 6.42 Å². The number of hydrogen-bond acceptors (Lipinski definition) is 7. The van der Waals surface area contributed by atoms with Gasteiger partial charge in [0.25, 0.3) is 0 Å². The van der Waals surface area contributed by atoms with E-state index in [1.54, 1.807) is 9.80 Å². The average Bonchev–Trinajstić information content (AvgIpc) is 2.60.